The standard InChI is InChI=1S/C22H42O2/c1-2-3-4-5-6-7-8-9-10-11-12-13-14-15-16-17-18-19-20-21-22(23)24/h18-19H,2-17,20-21H2,1H3,(H,23,24). The summed E-state index contributed by atoms with van der Waals surface area (Å²) in [5, 5.41) is 8.52. The summed E-state index contributed by atoms with van der Waals surface area (Å²) in [4.78, 5) is 10.3. The Kier molecular flexibility index (Phi) is 19.6. The zero-order valence-electron chi connectivity index (χ0n) is 16.2. The minimum atomic E-state index is -0.702. The molecule has 0 heterocycles. The van der Waals surface area contributed by atoms with Crippen LogP contribution in [0.2, 0.25) is 0 Å². The molecule has 24 heavy (non-hydrogen) atoms. The van der Waals surface area contributed by atoms with Crippen molar-refractivity contribution >= 4 is 5.97 Å². The van der Waals surface area contributed by atoms with Crippen molar-refractivity contribution in [3.63, 3.8) is 0 Å². The van der Waals surface area contributed by atoms with Crippen LogP contribution in [0.15, 0.2) is 12.2 Å². The summed E-state index contributed by atoms with van der Waals surface area (Å²) in [5.41, 5.74) is 0. The van der Waals surface area contributed by atoms with Crippen molar-refractivity contribution < 1.29 is 9.90 Å². The van der Waals surface area contributed by atoms with Gasteiger partial charge in [0.25, 0.3) is 0 Å². The van der Waals surface area contributed by atoms with Gasteiger partial charge in [0.2, 0.25) is 0 Å². The molecule has 0 saturated heterocycles. The number of carbonyl (C=O) groups is 1. The number of allylic oxidation sites excluding steroid dienone is 2. The van der Waals surface area contributed by atoms with Crippen molar-refractivity contribution in [1.29, 1.82) is 0 Å². The summed E-state index contributed by atoms with van der Waals surface area (Å²) in [6, 6.07) is 0. The Morgan fingerprint density at radius 1 is 0.625 bits per heavy atom. The first-order valence-corrected chi connectivity index (χ1v) is 10.6. The maximum Gasteiger partial charge on any atom is 0.303 e. The number of carboxylic acids is 1. The van der Waals surface area contributed by atoms with E-state index in [9.17, 15) is 4.79 Å². The smallest absolute Gasteiger partial charge is 0.303 e. The van der Waals surface area contributed by atoms with Gasteiger partial charge in [-0.3, -0.25) is 4.79 Å². The molecule has 0 rings (SSSR count). The van der Waals surface area contributed by atoms with Crippen molar-refractivity contribution in [3.05, 3.63) is 12.2 Å². The highest BCUT2D eigenvalue weighted by Crippen LogP contribution is 2.13. The van der Waals surface area contributed by atoms with Crippen molar-refractivity contribution in [2.45, 2.75) is 122 Å². The first-order valence-electron chi connectivity index (χ1n) is 10.6. The molecule has 2 heteroatoms. The Balaban J connectivity index is 3.04. The summed E-state index contributed by atoms with van der Waals surface area (Å²) < 4.78 is 0. The normalized spacial score (nSPS) is 11.4. The molecule has 0 radical (unpaired) electrons. The van der Waals surface area contributed by atoms with Gasteiger partial charge in [-0.2, -0.15) is 0 Å². The molecule has 0 aromatic heterocycles. The molecule has 0 bridgehead atoms. The van der Waals surface area contributed by atoms with Gasteiger partial charge in [0.15, 0.2) is 0 Å². The second-order valence-electron chi connectivity index (χ2n) is 7.14. The third kappa shape index (κ3) is 21.2. The number of hydrogen-bond donors (Lipinski definition) is 1. The largest absolute Gasteiger partial charge is 0.481 e. The Morgan fingerprint density at radius 3 is 1.42 bits per heavy atom. The summed E-state index contributed by atoms with van der Waals surface area (Å²) >= 11 is 0. The second-order valence-corrected chi connectivity index (χ2v) is 7.14. The topological polar surface area (TPSA) is 37.3 Å². The van der Waals surface area contributed by atoms with E-state index >= 15 is 0 Å². The predicted octanol–water partition coefficient (Wildman–Crippen LogP) is 7.67. The van der Waals surface area contributed by atoms with Crippen LogP contribution in [-0.4, -0.2) is 11.1 Å². The van der Waals surface area contributed by atoms with Gasteiger partial charge in [-0.1, -0.05) is 109 Å². The Bertz CT molecular complexity index is 284. The van der Waals surface area contributed by atoms with Gasteiger partial charge in [-0.25, -0.2) is 0 Å². The Morgan fingerprint density at radius 2 is 1.00 bits per heavy atom. The quantitative estimate of drug-likeness (QED) is 0.194. The Hall–Kier alpha value is -0.790. The van der Waals surface area contributed by atoms with Gasteiger partial charge >= 0.3 is 5.97 Å². The van der Waals surface area contributed by atoms with Crippen LogP contribution in [-0.2, 0) is 4.79 Å². The van der Waals surface area contributed by atoms with Crippen molar-refractivity contribution in [2.24, 2.45) is 0 Å². The van der Waals surface area contributed by atoms with Gasteiger partial charge in [0.1, 0.15) is 0 Å². The van der Waals surface area contributed by atoms with Crippen LogP contribution in [0.3, 0.4) is 0 Å². The molecule has 0 aromatic rings. The number of hydrogen-bond acceptors (Lipinski definition) is 1. The molecule has 1 N–H and O–H groups in total. The van der Waals surface area contributed by atoms with Gasteiger partial charge < -0.3 is 5.11 Å². The molecule has 2 nitrogen and oxygen atoms in total. The van der Waals surface area contributed by atoms with E-state index in [0.29, 0.717) is 6.42 Å². The van der Waals surface area contributed by atoms with Crippen LogP contribution >= 0.6 is 0 Å². The Labute approximate surface area is 151 Å². The molecular weight excluding hydrogens is 296 g/mol. The fourth-order valence-electron chi connectivity index (χ4n) is 3.08. The highest BCUT2D eigenvalue weighted by atomic mass is 16.4. The van der Waals surface area contributed by atoms with Crippen LogP contribution in [0.4, 0.5) is 0 Å². The highest BCUT2D eigenvalue weighted by molar-refractivity contribution is 5.66. The summed E-state index contributed by atoms with van der Waals surface area (Å²) in [6.45, 7) is 2.28. The maximum atomic E-state index is 10.3. The molecule has 0 fully saturated rings. The molecule has 0 aromatic carbocycles. The van der Waals surface area contributed by atoms with Crippen LogP contribution in [0.25, 0.3) is 0 Å². The van der Waals surface area contributed by atoms with Gasteiger partial charge in [-0.15, -0.1) is 0 Å². The van der Waals surface area contributed by atoms with Gasteiger partial charge in [0, 0.05) is 6.42 Å². The van der Waals surface area contributed by atoms with E-state index < -0.39 is 5.97 Å². The molecule has 0 spiro atoms. The average Bonchev–Trinajstić information content (AvgIpc) is 2.56. The molecule has 0 atom stereocenters. The van der Waals surface area contributed by atoms with Crippen LogP contribution in [0, 0.1) is 0 Å². The monoisotopic (exact) mass is 338 g/mol. The lowest BCUT2D eigenvalue weighted by Gasteiger charge is -2.03. The minimum Gasteiger partial charge on any atom is -0.481 e. The van der Waals surface area contributed by atoms with Crippen LogP contribution in [0.5, 0.6) is 0 Å². The summed E-state index contributed by atoms with van der Waals surface area (Å²) in [6.07, 6.45) is 27.2. The molecule has 0 aliphatic carbocycles. The zero-order valence-corrected chi connectivity index (χ0v) is 16.2. The number of rotatable bonds is 19. The fraction of sp³-hybridized carbons (Fsp3) is 0.864. The van der Waals surface area contributed by atoms with E-state index in [0.717, 1.165) is 6.42 Å². The second kappa shape index (κ2) is 20.3. The molecule has 0 unspecified atom stereocenters. The molecule has 0 saturated carbocycles. The predicted molar refractivity (Wildman–Crippen MR) is 106 cm³/mol. The zero-order chi connectivity index (χ0) is 17.7. The lowest BCUT2D eigenvalue weighted by molar-refractivity contribution is -0.136. The summed E-state index contributed by atoms with van der Waals surface area (Å²) in [5.74, 6) is -0.702. The van der Waals surface area contributed by atoms with Crippen molar-refractivity contribution in [1.82, 2.24) is 0 Å². The third-order valence-electron chi connectivity index (χ3n) is 4.67. The lowest BCUT2D eigenvalue weighted by atomic mass is 10.0. The minimum absolute atomic E-state index is 0.259. The first-order chi connectivity index (χ1) is 11.8. The SMILES string of the molecule is CCCCCCCCCCCCCCCCCC=CCCC(=O)O. The van der Waals surface area contributed by atoms with Gasteiger partial charge in [0.05, 0.1) is 0 Å². The van der Waals surface area contributed by atoms with E-state index in [1.165, 1.54) is 96.3 Å². The highest BCUT2D eigenvalue weighted by Gasteiger charge is 1.94. The fourth-order valence-corrected chi connectivity index (χ4v) is 3.08. The van der Waals surface area contributed by atoms with E-state index in [1.54, 1.807) is 0 Å². The van der Waals surface area contributed by atoms with E-state index in [1.807, 2.05) is 6.08 Å². The first kappa shape index (κ1) is 23.2. The third-order valence-corrected chi connectivity index (χ3v) is 4.67. The summed E-state index contributed by atoms with van der Waals surface area (Å²) in [7, 11) is 0. The number of aliphatic carboxylic acids is 1. The van der Waals surface area contributed by atoms with Crippen molar-refractivity contribution in [2.75, 3.05) is 0 Å². The average molecular weight is 339 g/mol. The van der Waals surface area contributed by atoms with E-state index in [2.05, 4.69) is 13.0 Å². The number of carboxylic acid groups (broad SMARTS) is 1. The maximum absolute atomic E-state index is 10.3. The van der Waals surface area contributed by atoms with Crippen LogP contribution < -0.4 is 0 Å². The van der Waals surface area contributed by atoms with Crippen molar-refractivity contribution in [3.8, 4) is 0 Å². The van der Waals surface area contributed by atoms with E-state index in [4.69, 9.17) is 5.11 Å². The molecule has 142 valence electrons. The van der Waals surface area contributed by atoms with Gasteiger partial charge in [-0.05, 0) is 19.3 Å². The molecule has 0 aliphatic rings. The molecular formula is C22H42O2. The molecule has 0 aliphatic heterocycles. The lowest BCUT2D eigenvalue weighted by Crippen LogP contribution is -1.91. The van der Waals surface area contributed by atoms with E-state index in [-0.39, 0.29) is 6.42 Å². The van der Waals surface area contributed by atoms with Crippen LogP contribution in [0.1, 0.15) is 122 Å². The molecule has 0 amide bonds. The number of unbranched alkanes of at least 4 members (excludes halogenated alkanes) is 15.